The Kier molecular flexibility index (Phi) is 11.4. The molecule has 8 rings (SSSR count). The van der Waals surface area contributed by atoms with Crippen LogP contribution < -0.4 is 5.19 Å². The molecule has 283 valence electrons. The number of fused-ring (bicyclic) bond motifs is 4. The Balaban J connectivity index is 0.000000254. The van der Waals surface area contributed by atoms with E-state index in [-0.39, 0.29) is 37.5 Å². The predicted molar refractivity (Wildman–Crippen MR) is 215 cm³/mol. The number of rotatable bonds is 6. The second-order valence-electron chi connectivity index (χ2n) is 15.1. The third-order valence-electron chi connectivity index (χ3n) is 9.57. The molecule has 0 bridgehead atoms. The van der Waals surface area contributed by atoms with Crippen LogP contribution in [0.2, 0.25) is 19.6 Å². The van der Waals surface area contributed by atoms with Gasteiger partial charge in [-0.3, -0.25) is 9.97 Å². The van der Waals surface area contributed by atoms with Crippen molar-refractivity contribution in [3.8, 4) is 28.3 Å². The topological polar surface area (TPSA) is 56.7 Å². The first kappa shape index (κ1) is 39.8. The van der Waals surface area contributed by atoms with Gasteiger partial charge in [-0.15, -0.1) is 54.1 Å². The van der Waals surface area contributed by atoms with Crippen LogP contribution in [0.1, 0.15) is 56.4 Å². The standard InChI is InChI=1S/C31H25F3N3O.C14H16NSi.Ir/c1-17(2)19-9-7-10-20(18(3)4)28(19)37-25-14-6-5-13-24(25)36-30(37)22-12-8-11-21-23-16-35-27(31(32,33)34)15-26(23)38-29(21)22;1-16(2,3)13-9-10-14(15-11-13)12-7-5-4-6-8-12;/h5-11,13-18H,1-4H3;4-7,9-11H,1-3H3;/q2*-1;. The minimum atomic E-state index is -4.57. The van der Waals surface area contributed by atoms with Gasteiger partial charge in [0, 0.05) is 49.6 Å². The van der Waals surface area contributed by atoms with Gasteiger partial charge in [0.25, 0.3) is 0 Å². The van der Waals surface area contributed by atoms with Gasteiger partial charge >= 0.3 is 6.18 Å². The van der Waals surface area contributed by atoms with Gasteiger partial charge in [0.2, 0.25) is 0 Å². The largest absolute Gasteiger partial charge is 0.500 e. The van der Waals surface area contributed by atoms with Crippen molar-refractivity contribution in [3.63, 3.8) is 0 Å². The molecule has 5 nitrogen and oxygen atoms in total. The van der Waals surface area contributed by atoms with Crippen LogP contribution in [-0.2, 0) is 26.3 Å². The molecule has 0 saturated heterocycles. The smallest absolute Gasteiger partial charge is 0.433 e. The monoisotopic (exact) mass is 931 g/mol. The van der Waals surface area contributed by atoms with Crippen molar-refractivity contribution in [2.45, 2.75) is 65.3 Å². The average molecular weight is 931 g/mol. The van der Waals surface area contributed by atoms with Crippen LogP contribution in [-0.4, -0.2) is 27.6 Å². The van der Waals surface area contributed by atoms with Gasteiger partial charge in [-0.1, -0.05) is 101 Å². The summed E-state index contributed by atoms with van der Waals surface area (Å²) in [6, 6.07) is 37.5. The molecule has 8 aromatic rings. The summed E-state index contributed by atoms with van der Waals surface area (Å²) >= 11 is 0. The van der Waals surface area contributed by atoms with E-state index in [1.54, 1.807) is 12.1 Å². The van der Waals surface area contributed by atoms with Crippen molar-refractivity contribution in [1.29, 1.82) is 0 Å². The van der Waals surface area contributed by atoms with E-state index in [1.807, 2.05) is 54.7 Å². The van der Waals surface area contributed by atoms with Gasteiger partial charge in [-0.2, -0.15) is 13.2 Å². The maximum absolute atomic E-state index is 13.4. The summed E-state index contributed by atoms with van der Waals surface area (Å²) in [6.07, 6.45) is -1.33. The zero-order valence-electron chi connectivity index (χ0n) is 31.7. The first-order valence-electron chi connectivity index (χ1n) is 18.1. The van der Waals surface area contributed by atoms with Crippen LogP contribution >= 0.6 is 0 Å². The number of hydrogen-bond acceptors (Lipinski definition) is 4. The minimum absolute atomic E-state index is 0. The van der Waals surface area contributed by atoms with E-state index in [4.69, 9.17) is 9.40 Å². The number of hydrogen-bond donors (Lipinski definition) is 0. The minimum Gasteiger partial charge on any atom is -0.500 e. The molecule has 0 aliphatic carbocycles. The Morgan fingerprint density at radius 3 is 2.07 bits per heavy atom. The van der Waals surface area contributed by atoms with E-state index >= 15 is 0 Å². The quantitative estimate of drug-likeness (QED) is 0.123. The Hall–Kier alpha value is -4.89. The number of benzene rings is 4. The molecule has 0 atom stereocenters. The molecular formula is C45H41F3IrN4OSi-2. The number of halogens is 3. The molecule has 4 aromatic heterocycles. The maximum Gasteiger partial charge on any atom is 0.433 e. The van der Waals surface area contributed by atoms with Gasteiger partial charge in [0.1, 0.15) is 11.3 Å². The fourth-order valence-corrected chi connectivity index (χ4v) is 7.73. The Morgan fingerprint density at radius 1 is 0.745 bits per heavy atom. The first-order valence-corrected chi connectivity index (χ1v) is 21.6. The van der Waals surface area contributed by atoms with Crippen LogP contribution in [0.25, 0.3) is 61.3 Å². The van der Waals surface area contributed by atoms with Crippen LogP contribution in [0.3, 0.4) is 0 Å². The number of pyridine rings is 2. The van der Waals surface area contributed by atoms with Crippen LogP contribution in [0.15, 0.2) is 114 Å². The van der Waals surface area contributed by atoms with E-state index in [2.05, 4.69) is 104 Å². The first-order chi connectivity index (χ1) is 25.7. The van der Waals surface area contributed by atoms with E-state index in [0.29, 0.717) is 27.7 Å². The molecule has 0 unspecified atom stereocenters. The predicted octanol–water partition coefficient (Wildman–Crippen LogP) is 12.1. The van der Waals surface area contributed by atoms with Crippen molar-refractivity contribution in [3.05, 3.63) is 138 Å². The van der Waals surface area contributed by atoms with Crippen molar-refractivity contribution in [2.75, 3.05) is 0 Å². The third kappa shape index (κ3) is 7.95. The van der Waals surface area contributed by atoms with Gasteiger partial charge in [0.15, 0.2) is 0 Å². The Morgan fingerprint density at radius 2 is 1.45 bits per heavy atom. The number of para-hydroxylation sites is 3. The molecule has 0 spiro atoms. The molecular weight excluding hydrogens is 890 g/mol. The average Bonchev–Trinajstić information content (AvgIpc) is 3.73. The van der Waals surface area contributed by atoms with Gasteiger partial charge < -0.3 is 14.0 Å². The summed E-state index contributed by atoms with van der Waals surface area (Å²) in [6.45, 7) is 15.7. The van der Waals surface area contributed by atoms with Gasteiger partial charge in [0.05, 0.1) is 30.5 Å². The molecule has 10 heteroatoms. The number of imidazole rings is 1. The molecule has 0 saturated carbocycles. The van der Waals surface area contributed by atoms with Crippen LogP contribution in [0.4, 0.5) is 13.2 Å². The van der Waals surface area contributed by atoms with E-state index in [9.17, 15) is 13.2 Å². The summed E-state index contributed by atoms with van der Waals surface area (Å²) < 4.78 is 48.3. The molecule has 55 heavy (non-hydrogen) atoms. The summed E-state index contributed by atoms with van der Waals surface area (Å²) in [5.41, 5.74) is 7.35. The summed E-state index contributed by atoms with van der Waals surface area (Å²) in [5.74, 6) is 1.11. The number of furan rings is 1. The zero-order chi connectivity index (χ0) is 38.4. The molecule has 0 aliphatic heterocycles. The van der Waals surface area contributed by atoms with E-state index in [1.165, 1.54) is 22.5 Å². The number of alkyl halides is 3. The SMILES string of the molecule is CC(C)c1cccc(C(C)C)c1-n1c(-c2[c-]ccc3c2oc2cc(C(F)(F)F)ncc23)nc2ccccc21.C[Si](C)(C)c1ccc(-c2[c-]cccc2)nc1.[Ir]. The Labute approximate surface area is 334 Å². The summed E-state index contributed by atoms with van der Waals surface area (Å²) in [4.78, 5) is 13.2. The molecule has 4 aromatic carbocycles. The third-order valence-corrected chi connectivity index (χ3v) is 11.6. The zero-order valence-corrected chi connectivity index (χ0v) is 35.1. The van der Waals surface area contributed by atoms with E-state index < -0.39 is 19.9 Å². The molecule has 4 heterocycles. The van der Waals surface area contributed by atoms with Crippen molar-refractivity contribution in [1.82, 2.24) is 19.5 Å². The molecule has 0 amide bonds. The molecule has 0 fully saturated rings. The normalized spacial score (nSPS) is 12.0. The fraction of sp³-hybridized carbons (Fsp3) is 0.222. The summed E-state index contributed by atoms with van der Waals surface area (Å²) in [7, 11) is -1.23. The second kappa shape index (κ2) is 15.7. The van der Waals surface area contributed by atoms with Crippen molar-refractivity contribution in [2.24, 2.45) is 0 Å². The van der Waals surface area contributed by atoms with Gasteiger partial charge in [-0.25, -0.2) is 0 Å². The van der Waals surface area contributed by atoms with E-state index in [0.717, 1.165) is 34.0 Å². The van der Waals surface area contributed by atoms with Gasteiger partial charge in [-0.05, 0) is 46.0 Å². The molecule has 1 radical (unpaired) electrons. The van der Waals surface area contributed by atoms with Crippen LogP contribution in [0, 0.1) is 12.1 Å². The van der Waals surface area contributed by atoms with Crippen molar-refractivity contribution < 1.29 is 37.7 Å². The number of aromatic nitrogens is 4. The van der Waals surface area contributed by atoms with Crippen molar-refractivity contribution >= 4 is 46.2 Å². The Bertz CT molecular complexity index is 2560. The molecule has 0 N–H and O–H groups in total. The maximum atomic E-state index is 13.4. The second-order valence-corrected chi connectivity index (χ2v) is 20.2. The fourth-order valence-electron chi connectivity index (χ4n) is 6.70. The van der Waals surface area contributed by atoms with Crippen LogP contribution in [0.5, 0.6) is 0 Å². The summed E-state index contributed by atoms with van der Waals surface area (Å²) in [5, 5.41) is 2.57. The molecule has 0 aliphatic rings. The number of nitrogens with zero attached hydrogens (tertiary/aromatic N) is 4.